The van der Waals surface area contributed by atoms with E-state index in [4.69, 9.17) is 4.74 Å². The number of pyridine rings is 1. The Labute approximate surface area is 211 Å². The van der Waals surface area contributed by atoms with Crippen LogP contribution in [0.25, 0.3) is 22.4 Å². The number of benzene rings is 2. The van der Waals surface area contributed by atoms with Gasteiger partial charge >= 0.3 is 5.97 Å². The standard InChI is InChI=1S/C27H24FN3O4S/c1-31(26(34)19(13-25(32)33)12-17-6-4-3-5-7-17)27-30-23(16-36-27)22-14-20(28)9-10-21(22)18-8-11-24(35-2)29-15-18/h3-11,14-16,19H,12-13H2,1-2H3,(H,32,33). The normalized spacial score (nSPS) is 11.6. The zero-order valence-corrected chi connectivity index (χ0v) is 20.5. The third-order valence-corrected chi connectivity index (χ3v) is 6.64. The highest BCUT2D eigenvalue weighted by Crippen LogP contribution is 2.35. The van der Waals surface area contributed by atoms with Crippen molar-refractivity contribution >= 4 is 28.3 Å². The van der Waals surface area contributed by atoms with Crippen molar-refractivity contribution in [1.82, 2.24) is 9.97 Å². The van der Waals surface area contributed by atoms with Crippen molar-refractivity contribution in [2.24, 2.45) is 5.92 Å². The molecular weight excluding hydrogens is 481 g/mol. The molecule has 1 amide bonds. The molecule has 2 aromatic carbocycles. The van der Waals surface area contributed by atoms with E-state index in [1.165, 1.54) is 35.5 Å². The van der Waals surface area contributed by atoms with Crippen LogP contribution in [0.5, 0.6) is 5.88 Å². The molecule has 184 valence electrons. The number of anilines is 1. The van der Waals surface area contributed by atoms with Gasteiger partial charge in [0.05, 0.1) is 25.1 Å². The Morgan fingerprint density at radius 3 is 2.56 bits per heavy atom. The summed E-state index contributed by atoms with van der Waals surface area (Å²) >= 11 is 1.23. The van der Waals surface area contributed by atoms with Crippen LogP contribution >= 0.6 is 11.3 Å². The van der Waals surface area contributed by atoms with Gasteiger partial charge in [0.15, 0.2) is 5.13 Å². The minimum Gasteiger partial charge on any atom is -0.481 e. The predicted octanol–water partition coefficient (Wildman–Crippen LogP) is 5.32. The van der Waals surface area contributed by atoms with Crippen LogP contribution in [0, 0.1) is 11.7 Å². The van der Waals surface area contributed by atoms with Gasteiger partial charge in [-0.1, -0.05) is 36.4 Å². The molecule has 0 saturated carbocycles. The predicted molar refractivity (Wildman–Crippen MR) is 137 cm³/mol. The van der Waals surface area contributed by atoms with Gasteiger partial charge in [-0.15, -0.1) is 11.3 Å². The van der Waals surface area contributed by atoms with Crippen LogP contribution < -0.4 is 9.64 Å². The zero-order valence-electron chi connectivity index (χ0n) is 19.7. The molecular formula is C27H24FN3O4S. The van der Waals surface area contributed by atoms with Crippen LogP contribution in [-0.4, -0.2) is 41.1 Å². The van der Waals surface area contributed by atoms with E-state index in [0.29, 0.717) is 28.7 Å². The van der Waals surface area contributed by atoms with Crippen LogP contribution in [0.1, 0.15) is 12.0 Å². The number of halogens is 1. The Balaban J connectivity index is 1.62. The van der Waals surface area contributed by atoms with Crippen LogP contribution in [0.2, 0.25) is 0 Å². The van der Waals surface area contributed by atoms with Gasteiger partial charge in [0.25, 0.3) is 0 Å². The fourth-order valence-corrected chi connectivity index (χ4v) is 4.70. The van der Waals surface area contributed by atoms with Crippen LogP contribution in [0.15, 0.2) is 72.2 Å². The second-order valence-corrected chi connectivity index (χ2v) is 9.01. The first-order chi connectivity index (χ1) is 17.4. The fraction of sp³-hybridized carbons (Fsp3) is 0.185. The number of aliphatic carboxylic acids is 1. The number of amides is 1. The molecule has 0 bridgehead atoms. The molecule has 7 nitrogen and oxygen atoms in total. The first kappa shape index (κ1) is 25.0. The fourth-order valence-electron chi connectivity index (χ4n) is 3.91. The zero-order chi connectivity index (χ0) is 25.7. The average molecular weight is 506 g/mol. The topological polar surface area (TPSA) is 92.6 Å². The van der Waals surface area contributed by atoms with Gasteiger partial charge in [-0.05, 0) is 35.7 Å². The van der Waals surface area contributed by atoms with Crippen molar-refractivity contribution in [2.75, 3.05) is 19.1 Å². The third-order valence-electron chi connectivity index (χ3n) is 5.72. The highest BCUT2D eigenvalue weighted by Gasteiger charge is 2.27. The summed E-state index contributed by atoms with van der Waals surface area (Å²) in [5.74, 6) is -2.10. The molecule has 36 heavy (non-hydrogen) atoms. The lowest BCUT2D eigenvalue weighted by molar-refractivity contribution is -0.140. The minimum absolute atomic E-state index is 0.297. The van der Waals surface area contributed by atoms with Crippen LogP contribution in [0.3, 0.4) is 0 Å². The summed E-state index contributed by atoms with van der Waals surface area (Å²) in [4.78, 5) is 34.9. The van der Waals surface area contributed by atoms with Gasteiger partial charge in [-0.2, -0.15) is 0 Å². The summed E-state index contributed by atoms with van der Waals surface area (Å²) in [6.07, 6.45) is 1.64. The number of rotatable bonds is 9. The first-order valence-electron chi connectivity index (χ1n) is 11.1. The molecule has 1 atom stereocenters. The molecule has 4 rings (SSSR count). The van der Waals surface area contributed by atoms with Crippen molar-refractivity contribution in [1.29, 1.82) is 0 Å². The highest BCUT2D eigenvalue weighted by atomic mass is 32.1. The second kappa shape index (κ2) is 11.1. The third kappa shape index (κ3) is 5.75. The van der Waals surface area contributed by atoms with E-state index < -0.39 is 17.7 Å². The molecule has 0 spiro atoms. The van der Waals surface area contributed by atoms with E-state index in [1.54, 1.807) is 30.8 Å². The van der Waals surface area contributed by atoms with E-state index >= 15 is 0 Å². The SMILES string of the molecule is COc1ccc(-c2ccc(F)cc2-c2csc(N(C)C(=O)C(CC(=O)O)Cc3ccccc3)n2)cn1. The summed E-state index contributed by atoms with van der Waals surface area (Å²) in [6.45, 7) is 0. The number of carboxylic acids is 1. The second-order valence-electron chi connectivity index (χ2n) is 8.18. The number of hydrogen-bond acceptors (Lipinski definition) is 6. The van der Waals surface area contributed by atoms with Crippen molar-refractivity contribution in [2.45, 2.75) is 12.8 Å². The molecule has 0 radical (unpaired) electrons. The Bertz CT molecular complexity index is 1360. The first-order valence-corrected chi connectivity index (χ1v) is 12.0. The summed E-state index contributed by atoms with van der Waals surface area (Å²) in [6, 6.07) is 17.3. The Kier molecular flexibility index (Phi) is 7.70. The van der Waals surface area contributed by atoms with Crippen molar-refractivity contribution < 1.29 is 23.8 Å². The highest BCUT2D eigenvalue weighted by molar-refractivity contribution is 7.14. The van der Waals surface area contributed by atoms with Gasteiger partial charge in [0.2, 0.25) is 11.8 Å². The molecule has 0 aliphatic rings. The number of carbonyl (C=O) groups excluding carboxylic acids is 1. The van der Waals surface area contributed by atoms with E-state index in [2.05, 4.69) is 9.97 Å². The van der Waals surface area contributed by atoms with Gasteiger partial charge in [-0.25, -0.2) is 14.4 Å². The molecule has 2 aromatic heterocycles. The van der Waals surface area contributed by atoms with Crippen molar-refractivity contribution in [3.05, 3.63) is 83.6 Å². The number of ether oxygens (including phenoxy) is 1. The summed E-state index contributed by atoms with van der Waals surface area (Å²) in [5.41, 5.74) is 3.41. The van der Waals surface area contributed by atoms with Crippen LogP contribution in [-0.2, 0) is 16.0 Å². The minimum atomic E-state index is -1.05. The van der Waals surface area contributed by atoms with Crippen molar-refractivity contribution in [3.8, 4) is 28.3 Å². The quantitative estimate of drug-likeness (QED) is 0.331. The number of nitrogens with zero attached hydrogens (tertiary/aromatic N) is 3. The number of hydrogen-bond donors (Lipinski definition) is 1. The molecule has 9 heteroatoms. The van der Waals surface area contributed by atoms with E-state index in [-0.39, 0.29) is 12.3 Å². The maximum absolute atomic E-state index is 14.2. The number of aromatic nitrogens is 2. The maximum atomic E-state index is 14.2. The van der Waals surface area contributed by atoms with E-state index in [0.717, 1.165) is 16.7 Å². The summed E-state index contributed by atoms with van der Waals surface area (Å²) in [5, 5.41) is 11.5. The summed E-state index contributed by atoms with van der Waals surface area (Å²) < 4.78 is 19.3. The van der Waals surface area contributed by atoms with Crippen molar-refractivity contribution in [3.63, 3.8) is 0 Å². The lowest BCUT2D eigenvalue weighted by Crippen LogP contribution is -2.35. The molecule has 1 N–H and O–H groups in total. The molecule has 0 aliphatic carbocycles. The summed E-state index contributed by atoms with van der Waals surface area (Å²) in [7, 11) is 3.10. The molecule has 0 fully saturated rings. The van der Waals surface area contributed by atoms with Crippen LogP contribution in [0.4, 0.5) is 9.52 Å². The number of methoxy groups -OCH3 is 1. The molecule has 4 aromatic rings. The number of thiazole rings is 1. The monoisotopic (exact) mass is 505 g/mol. The lowest BCUT2D eigenvalue weighted by atomic mass is 9.95. The molecule has 1 unspecified atom stereocenters. The largest absolute Gasteiger partial charge is 0.481 e. The molecule has 2 heterocycles. The van der Waals surface area contributed by atoms with Gasteiger partial charge in [0.1, 0.15) is 5.82 Å². The van der Waals surface area contributed by atoms with Gasteiger partial charge < -0.3 is 9.84 Å². The number of carbonyl (C=O) groups is 2. The molecule has 0 saturated heterocycles. The molecule has 0 aliphatic heterocycles. The average Bonchev–Trinajstić information content (AvgIpc) is 3.38. The number of carboxylic acid groups (broad SMARTS) is 1. The van der Waals surface area contributed by atoms with Gasteiger partial charge in [-0.3, -0.25) is 14.5 Å². The Hall–Kier alpha value is -4.11. The Morgan fingerprint density at radius 1 is 1.11 bits per heavy atom. The Morgan fingerprint density at radius 2 is 1.89 bits per heavy atom. The smallest absolute Gasteiger partial charge is 0.304 e. The maximum Gasteiger partial charge on any atom is 0.304 e. The van der Waals surface area contributed by atoms with E-state index in [9.17, 15) is 19.1 Å². The lowest BCUT2D eigenvalue weighted by Gasteiger charge is -2.21. The van der Waals surface area contributed by atoms with Gasteiger partial charge in [0, 0.05) is 35.8 Å². The van der Waals surface area contributed by atoms with E-state index in [1.807, 2.05) is 36.4 Å².